The van der Waals surface area contributed by atoms with Gasteiger partial charge in [-0.25, -0.2) is 4.98 Å². The summed E-state index contributed by atoms with van der Waals surface area (Å²) in [5, 5.41) is 4.08. The van der Waals surface area contributed by atoms with Crippen molar-refractivity contribution in [2.24, 2.45) is 18.7 Å². The van der Waals surface area contributed by atoms with Gasteiger partial charge in [0.2, 0.25) is 0 Å². The molecule has 0 aliphatic heterocycles. The lowest BCUT2D eigenvalue weighted by molar-refractivity contribution is 0.393. The predicted molar refractivity (Wildman–Crippen MR) is 59.3 cm³/mol. The van der Waals surface area contributed by atoms with Gasteiger partial charge in [0.15, 0.2) is 0 Å². The molecular weight excluding hydrogens is 188 g/mol. The highest BCUT2D eigenvalue weighted by Crippen LogP contribution is 2.36. The number of rotatable bonds is 3. The van der Waals surface area contributed by atoms with Gasteiger partial charge >= 0.3 is 0 Å². The fraction of sp³-hybridized carbons (Fsp3) is 0.818. The normalized spacial score (nSPS) is 31.0. The molecule has 1 aliphatic rings. The van der Waals surface area contributed by atoms with Crippen LogP contribution >= 0.6 is 0 Å². The molecule has 1 heterocycles. The predicted octanol–water partition coefficient (Wildman–Crippen LogP) is 1.27. The Morgan fingerprint density at radius 1 is 1.67 bits per heavy atom. The zero-order valence-electron chi connectivity index (χ0n) is 9.61. The first-order valence-electron chi connectivity index (χ1n) is 5.75. The van der Waals surface area contributed by atoms with Crippen molar-refractivity contribution in [3.8, 4) is 0 Å². The third kappa shape index (κ3) is 2.20. The molecule has 1 aromatic heterocycles. The van der Waals surface area contributed by atoms with E-state index >= 15 is 0 Å². The molecule has 15 heavy (non-hydrogen) atoms. The summed E-state index contributed by atoms with van der Waals surface area (Å²) < 4.78 is 1.83. The van der Waals surface area contributed by atoms with E-state index in [4.69, 9.17) is 5.73 Å². The van der Waals surface area contributed by atoms with Crippen LogP contribution in [-0.2, 0) is 13.5 Å². The molecule has 1 saturated carbocycles. The number of hydrogen-bond donors (Lipinski definition) is 1. The molecule has 1 aliphatic carbocycles. The van der Waals surface area contributed by atoms with Crippen molar-refractivity contribution in [3.05, 3.63) is 12.2 Å². The molecule has 0 radical (unpaired) electrons. The molecule has 0 bridgehead atoms. The topological polar surface area (TPSA) is 56.7 Å². The van der Waals surface area contributed by atoms with Gasteiger partial charge in [-0.3, -0.25) is 4.68 Å². The van der Waals surface area contributed by atoms with Crippen molar-refractivity contribution in [2.75, 3.05) is 0 Å². The lowest BCUT2D eigenvalue weighted by Gasteiger charge is -2.23. The largest absolute Gasteiger partial charge is 0.325 e. The number of nitrogens with two attached hydrogens (primary N) is 1. The second kappa shape index (κ2) is 3.93. The van der Waals surface area contributed by atoms with Gasteiger partial charge < -0.3 is 5.73 Å². The molecule has 0 saturated heterocycles. The van der Waals surface area contributed by atoms with Crippen LogP contribution in [0.1, 0.15) is 38.4 Å². The van der Waals surface area contributed by atoms with Crippen LogP contribution in [0, 0.1) is 5.92 Å². The molecular formula is C11H20N4. The first-order valence-corrected chi connectivity index (χ1v) is 5.75. The minimum absolute atomic E-state index is 0.0402. The van der Waals surface area contributed by atoms with Crippen LogP contribution in [0.3, 0.4) is 0 Å². The van der Waals surface area contributed by atoms with Gasteiger partial charge in [0.05, 0.1) is 0 Å². The second-order valence-electron chi connectivity index (χ2n) is 4.86. The monoisotopic (exact) mass is 208 g/mol. The first kappa shape index (κ1) is 10.6. The van der Waals surface area contributed by atoms with Gasteiger partial charge in [-0.1, -0.05) is 13.3 Å². The van der Waals surface area contributed by atoms with Crippen molar-refractivity contribution in [1.82, 2.24) is 14.8 Å². The summed E-state index contributed by atoms with van der Waals surface area (Å²) in [5.41, 5.74) is 6.36. The average molecular weight is 208 g/mol. The van der Waals surface area contributed by atoms with Crippen LogP contribution < -0.4 is 5.73 Å². The van der Waals surface area contributed by atoms with Gasteiger partial charge in [-0.15, -0.1) is 0 Å². The van der Waals surface area contributed by atoms with Crippen molar-refractivity contribution < 1.29 is 0 Å². The Kier molecular flexibility index (Phi) is 2.78. The summed E-state index contributed by atoms with van der Waals surface area (Å²) in [6.45, 7) is 2.25. The van der Waals surface area contributed by atoms with E-state index in [1.165, 1.54) is 12.8 Å². The number of nitrogens with zero attached hydrogens (tertiary/aromatic N) is 3. The van der Waals surface area contributed by atoms with E-state index in [-0.39, 0.29) is 5.54 Å². The summed E-state index contributed by atoms with van der Waals surface area (Å²) in [4.78, 5) is 4.25. The lowest BCUT2D eigenvalue weighted by atomic mass is 9.92. The van der Waals surface area contributed by atoms with Crippen LogP contribution in [0.4, 0.5) is 0 Å². The van der Waals surface area contributed by atoms with Gasteiger partial charge in [0.25, 0.3) is 0 Å². The summed E-state index contributed by atoms with van der Waals surface area (Å²) in [7, 11) is 1.93. The highest BCUT2D eigenvalue weighted by Gasteiger charge is 2.35. The molecule has 4 heteroatoms. The van der Waals surface area contributed by atoms with E-state index in [2.05, 4.69) is 17.0 Å². The third-order valence-corrected chi connectivity index (χ3v) is 3.64. The standard InChI is InChI=1S/C11H20N4/c1-3-9-4-5-11(12,6-9)7-10-13-8-14-15(10)2/h8-9H,3-7,12H2,1-2H3. The zero-order valence-corrected chi connectivity index (χ0v) is 9.61. The Labute approximate surface area is 90.9 Å². The van der Waals surface area contributed by atoms with Crippen LogP contribution in [-0.4, -0.2) is 20.3 Å². The third-order valence-electron chi connectivity index (χ3n) is 3.64. The molecule has 84 valence electrons. The highest BCUT2D eigenvalue weighted by atomic mass is 15.3. The minimum Gasteiger partial charge on any atom is -0.325 e. The maximum absolute atomic E-state index is 6.40. The quantitative estimate of drug-likeness (QED) is 0.813. The van der Waals surface area contributed by atoms with Crippen LogP contribution in [0.2, 0.25) is 0 Å². The molecule has 0 aromatic carbocycles. The number of aromatic nitrogens is 3. The summed E-state index contributed by atoms with van der Waals surface area (Å²) in [5.74, 6) is 1.82. The molecule has 1 fully saturated rings. The number of hydrogen-bond acceptors (Lipinski definition) is 3. The van der Waals surface area contributed by atoms with Gasteiger partial charge in [0, 0.05) is 19.0 Å². The number of aryl methyl sites for hydroxylation is 1. The fourth-order valence-electron chi connectivity index (χ4n) is 2.57. The Hall–Kier alpha value is -0.900. The Bertz CT molecular complexity index is 333. The van der Waals surface area contributed by atoms with E-state index in [1.54, 1.807) is 6.33 Å². The smallest absolute Gasteiger partial charge is 0.138 e. The van der Waals surface area contributed by atoms with Crippen LogP contribution in [0.5, 0.6) is 0 Å². The highest BCUT2D eigenvalue weighted by molar-refractivity contribution is 5.01. The summed E-state index contributed by atoms with van der Waals surface area (Å²) >= 11 is 0. The lowest BCUT2D eigenvalue weighted by Crippen LogP contribution is -2.40. The van der Waals surface area contributed by atoms with E-state index in [0.717, 1.165) is 31.0 Å². The minimum atomic E-state index is -0.0402. The van der Waals surface area contributed by atoms with Crippen molar-refractivity contribution in [3.63, 3.8) is 0 Å². The Morgan fingerprint density at radius 3 is 3.00 bits per heavy atom. The van der Waals surface area contributed by atoms with Gasteiger partial charge in [-0.2, -0.15) is 5.10 Å². The Morgan fingerprint density at radius 2 is 2.47 bits per heavy atom. The maximum atomic E-state index is 6.40. The van der Waals surface area contributed by atoms with Gasteiger partial charge in [-0.05, 0) is 25.2 Å². The van der Waals surface area contributed by atoms with Crippen LogP contribution in [0.25, 0.3) is 0 Å². The SMILES string of the molecule is CCC1CCC(N)(Cc2ncnn2C)C1. The van der Waals surface area contributed by atoms with E-state index in [9.17, 15) is 0 Å². The van der Waals surface area contributed by atoms with Crippen LogP contribution in [0.15, 0.2) is 6.33 Å². The average Bonchev–Trinajstić information content (AvgIpc) is 2.75. The molecule has 1 aromatic rings. The van der Waals surface area contributed by atoms with E-state index in [0.29, 0.717) is 0 Å². The molecule has 2 unspecified atom stereocenters. The van der Waals surface area contributed by atoms with E-state index < -0.39 is 0 Å². The molecule has 2 rings (SSSR count). The van der Waals surface area contributed by atoms with Crippen molar-refractivity contribution >= 4 is 0 Å². The van der Waals surface area contributed by atoms with Crippen molar-refractivity contribution in [2.45, 2.75) is 44.6 Å². The molecule has 0 amide bonds. The van der Waals surface area contributed by atoms with Gasteiger partial charge in [0.1, 0.15) is 12.2 Å². The van der Waals surface area contributed by atoms with E-state index in [1.807, 2.05) is 11.7 Å². The summed E-state index contributed by atoms with van der Waals surface area (Å²) in [6.07, 6.45) is 7.24. The summed E-state index contributed by atoms with van der Waals surface area (Å²) in [6, 6.07) is 0. The Balaban J connectivity index is 2.03. The molecule has 0 spiro atoms. The van der Waals surface area contributed by atoms with Crippen molar-refractivity contribution in [1.29, 1.82) is 0 Å². The molecule has 2 N–H and O–H groups in total. The molecule has 4 nitrogen and oxygen atoms in total. The second-order valence-corrected chi connectivity index (χ2v) is 4.86. The first-order chi connectivity index (χ1) is 7.13. The maximum Gasteiger partial charge on any atom is 0.138 e. The molecule has 2 atom stereocenters. The zero-order chi connectivity index (χ0) is 10.9. The fourth-order valence-corrected chi connectivity index (χ4v) is 2.57.